The summed E-state index contributed by atoms with van der Waals surface area (Å²) in [5, 5.41) is 10.6. The molecule has 0 aromatic rings. The SMILES string of the molecule is CCCCCC/C=C\C=C/CCCCCCCC(=O)OC[C@H](COP(=O)(O)OC[C@@H](O)COP(=O)(O)OC[C@@H](COC(=O)CCCCCCCCCCCCC)OC(=O)CCCCCCCCCCCC(C)C)OC(=O)CCCCCCC/C=C\C=C/CCCCCC. The molecule has 0 saturated heterocycles. The van der Waals surface area contributed by atoms with Gasteiger partial charge in [0.1, 0.15) is 19.3 Å². The molecular weight excluding hydrogens is 1220 g/mol. The van der Waals surface area contributed by atoms with Gasteiger partial charge >= 0.3 is 39.5 Å². The zero-order chi connectivity index (χ0) is 68.4. The van der Waals surface area contributed by atoms with Crippen molar-refractivity contribution in [2.45, 2.75) is 355 Å². The van der Waals surface area contributed by atoms with Crippen molar-refractivity contribution in [2.75, 3.05) is 39.6 Å². The molecule has 0 aromatic heterocycles. The molecule has 0 spiro atoms. The van der Waals surface area contributed by atoms with Gasteiger partial charge in [-0.15, -0.1) is 0 Å². The fourth-order valence-electron chi connectivity index (χ4n) is 10.3. The largest absolute Gasteiger partial charge is 0.472 e. The van der Waals surface area contributed by atoms with Gasteiger partial charge in [-0.05, 0) is 83.0 Å². The van der Waals surface area contributed by atoms with Crippen LogP contribution in [0.25, 0.3) is 0 Å². The number of rotatable bonds is 70. The quantitative estimate of drug-likeness (QED) is 0.0169. The van der Waals surface area contributed by atoms with Crippen LogP contribution in [0, 0.1) is 5.92 Å². The summed E-state index contributed by atoms with van der Waals surface area (Å²) in [5.74, 6) is -1.45. The van der Waals surface area contributed by atoms with Gasteiger partial charge in [-0.3, -0.25) is 37.3 Å². The maximum Gasteiger partial charge on any atom is 0.472 e. The Kier molecular flexibility index (Phi) is 64.1. The predicted octanol–water partition coefficient (Wildman–Crippen LogP) is 20.8. The molecule has 19 heteroatoms. The van der Waals surface area contributed by atoms with E-state index < -0.39 is 97.5 Å². The molecule has 17 nitrogen and oxygen atoms in total. The molecule has 3 N–H and O–H groups in total. The third-order valence-corrected chi connectivity index (χ3v) is 17.9. The van der Waals surface area contributed by atoms with Crippen LogP contribution < -0.4 is 0 Å². The first-order valence-electron chi connectivity index (χ1n) is 37.3. The Bertz CT molecular complexity index is 1980. The number of aliphatic hydroxyl groups excluding tert-OH is 1. The Morgan fingerprint density at radius 3 is 0.882 bits per heavy atom. The van der Waals surface area contributed by atoms with Gasteiger partial charge in [-0.1, -0.05) is 282 Å². The van der Waals surface area contributed by atoms with Crippen molar-refractivity contribution in [1.29, 1.82) is 0 Å². The maximum absolute atomic E-state index is 13.0. The van der Waals surface area contributed by atoms with E-state index in [1.54, 1.807) is 0 Å². The fourth-order valence-corrected chi connectivity index (χ4v) is 11.8. The smallest absolute Gasteiger partial charge is 0.462 e. The number of ether oxygens (including phenoxy) is 4. The van der Waals surface area contributed by atoms with E-state index in [0.29, 0.717) is 25.7 Å². The summed E-state index contributed by atoms with van der Waals surface area (Å²) in [7, 11) is -9.93. The van der Waals surface area contributed by atoms with Gasteiger partial charge in [0.2, 0.25) is 0 Å². The number of esters is 4. The second-order valence-corrected chi connectivity index (χ2v) is 28.7. The standard InChI is InChI=1S/C74H136O17P2/c1-6-9-12-15-18-21-24-26-28-30-33-38-43-48-53-58-72(77)85-63-69(90-73(78)59-54-49-44-39-34-31-29-27-25-22-19-16-13-10-7-2)65-88-92(80,81)86-61-68(75)62-87-93(82,83)89-66-70(64-84-71(76)57-52-47-42-37-32-23-20-17-14-11-8-3)91-74(79)60-55-50-45-40-35-36-41-46-51-56-67(4)5/h21-22,24-29,67-70,75H,6-20,23,30-66H2,1-5H3,(H,80,81)(H,82,83)/b24-21-,25-22-,28-26-,29-27-/t68-,69-,70-/m1/s1. The van der Waals surface area contributed by atoms with E-state index in [0.717, 1.165) is 128 Å². The molecule has 0 bridgehead atoms. The molecule has 5 atom stereocenters. The first-order valence-corrected chi connectivity index (χ1v) is 40.3. The zero-order valence-electron chi connectivity index (χ0n) is 59.4. The molecule has 0 aliphatic heterocycles. The average Bonchev–Trinajstić information content (AvgIpc) is 2.89. The first kappa shape index (κ1) is 90.0. The number of phosphoric acid groups is 2. The van der Waals surface area contributed by atoms with Crippen LogP contribution in [0.2, 0.25) is 0 Å². The number of carbonyl (C=O) groups is 4. The minimum absolute atomic E-state index is 0.0782. The summed E-state index contributed by atoms with van der Waals surface area (Å²) in [5.41, 5.74) is 0. The first-order chi connectivity index (χ1) is 45.0. The Morgan fingerprint density at radius 2 is 0.581 bits per heavy atom. The van der Waals surface area contributed by atoms with Crippen LogP contribution in [0.15, 0.2) is 48.6 Å². The number of carbonyl (C=O) groups excluding carboxylic acids is 4. The summed E-state index contributed by atoms with van der Waals surface area (Å²) in [6.45, 7) is 7.11. The molecule has 0 aliphatic rings. The van der Waals surface area contributed by atoms with Gasteiger partial charge in [0.05, 0.1) is 26.4 Å². The summed E-state index contributed by atoms with van der Waals surface area (Å²) in [6, 6.07) is 0. The summed E-state index contributed by atoms with van der Waals surface area (Å²) < 4.78 is 68.3. The molecule has 0 heterocycles. The third-order valence-electron chi connectivity index (χ3n) is 16.0. The lowest BCUT2D eigenvalue weighted by Crippen LogP contribution is -2.30. The van der Waals surface area contributed by atoms with Crippen molar-refractivity contribution in [3.8, 4) is 0 Å². The molecule has 93 heavy (non-hydrogen) atoms. The number of hydrogen-bond donors (Lipinski definition) is 3. The number of phosphoric ester groups is 2. The second kappa shape index (κ2) is 66.3. The van der Waals surface area contributed by atoms with Gasteiger partial charge in [-0.2, -0.15) is 0 Å². The highest BCUT2D eigenvalue weighted by molar-refractivity contribution is 7.47. The van der Waals surface area contributed by atoms with Gasteiger partial charge in [-0.25, -0.2) is 9.13 Å². The van der Waals surface area contributed by atoms with Crippen LogP contribution in [0.1, 0.15) is 336 Å². The van der Waals surface area contributed by atoms with Crippen molar-refractivity contribution < 1.29 is 80.2 Å². The van der Waals surface area contributed by atoms with Crippen LogP contribution in [-0.4, -0.2) is 96.7 Å². The fraction of sp³-hybridized carbons (Fsp3) is 0.838. The van der Waals surface area contributed by atoms with E-state index in [2.05, 4.69) is 83.2 Å². The lowest BCUT2D eigenvalue weighted by molar-refractivity contribution is -0.161. The summed E-state index contributed by atoms with van der Waals surface area (Å²) >= 11 is 0. The molecule has 0 rings (SSSR count). The van der Waals surface area contributed by atoms with E-state index in [1.807, 2.05) is 0 Å². The van der Waals surface area contributed by atoms with Gasteiger partial charge in [0.15, 0.2) is 12.2 Å². The average molecular weight is 1360 g/mol. The lowest BCUT2D eigenvalue weighted by Gasteiger charge is -2.21. The maximum atomic E-state index is 13.0. The minimum Gasteiger partial charge on any atom is -0.462 e. The van der Waals surface area contributed by atoms with E-state index in [4.69, 9.17) is 37.0 Å². The number of aliphatic hydroxyl groups is 1. The minimum atomic E-state index is -4.97. The number of unbranched alkanes of at least 4 members (excludes halogenated alkanes) is 36. The molecule has 0 saturated carbocycles. The van der Waals surface area contributed by atoms with Crippen LogP contribution in [0.4, 0.5) is 0 Å². The molecule has 0 radical (unpaired) electrons. The zero-order valence-corrected chi connectivity index (χ0v) is 61.1. The van der Waals surface area contributed by atoms with Crippen LogP contribution in [-0.2, 0) is 65.4 Å². The van der Waals surface area contributed by atoms with E-state index in [9.17, 15) is 43.2 Å². The van der Waals surface area contributed by atoms with E-state index in [-0.39, 0.29) is 25.7 Å². The van der Waals surface area contributed by atoms with Crippen LogP contribution >= 0.6 is 15.6 Å². The van der Waals surface area contributed by atoms with Crippen molar-refractivity contribution in [2.24, 2.45) is 5.92 Å². The van der Waals surface area contributed by atoms with Gasteiger partial charge < -0.3 is 33.8 Å². The molecule has 0 aromatic carbocycles. The molecule has 2 unspecified atom stereocenters. The second-order valence-electron chi connectivity index (χ2n) is 25.8. The lowest BCUT2D eigenvalue weighted by atomic mass is 10.0. The predicted molar refractivity (Wildman–Crippen MR) is 377 cm³/mol. The van der Waals surface area contributed by atoms with Crippen molar-refractivity contribution in [1.82, 2.24) is 0 Å². The van der Waals surface area contributed by atoms with Crippen molar-refractivity contribution in [3.05, 3.63) is 48.6 Å². The van der Waals surface area contributed by atoms with Crippen molar-refractivity contribution in [3.63, 3.8) is 0 Å². The van der Waals surface area contributed by atoms with Gasteiger partial charge in [0.25, 0.3) is 0 Å². The molecule has 0 fully saturated rings. The molecule has 544 valence electrons. The molecule has 0 aliphatic carbocycles. The van der Waals surface area contributed by atoms with Crippen LogP contribution in [0.5, 0.6) is 0 Å². The Morgan fingerprint density at radius 1 is 0.333 bits per heavy atom. The normalized spacial score (nSPS) is 14.3. The van der Waals surface area contributed by atoms with Crippen LogP contribution in [0.3, 0.4) is 0 Å². The Labute approximate surface area is 566 Å². The third kappa shape index (κ3) is 67.4. The van der Waals surface area contributed by atoms with E-state index >= 15 is 0 Å². The topological polar surface area (TPSA) is 237 Å². The monoisotopic (exact) mass is 1360 g/mol. The van der Waals surface area contributed by atoms with E-state index in [1.165, 1.54) is 128 Å². The molecule has 0 amide bonds. The van der Waals surface area contributed by atoms with Gasteiger partial charge in [0, 0.05) is 25.7 Å². The summed E-state index contributed by atoms with van der Waals surface area (Å²) in [4.78, 5) is 72.7. The molecular formula is C74H136O17P2. The Hall–Kier alpha value is -2.98. The highest BCUT2D eigenvalue weighted by atomic mass is 31.2. The van der Waals surface area contributed by atoms with Crippen molar-refractivity contribution >= 4 is 39.5 Å². The summed E-state index contributed by atoms with van der Waals surface area (Å²) in [6.07, 6.45) is 59.8. The highest BCUT2D eigenvalue weighted by Gasteiger charge is 2.30. The number of allylic oxidation sites excluding steroid dienone is 8. The highest BCUT2D eigenvalue weighted by Crippen LogP contribution is 2.45. The Balaban J connectivity index is 5.33. The number of hydrogen-bond acceptors (Lipinski definition) is 15.